The van der Waals surface area contributed by atoms with E-state index in [1.807, 2.05) is 0 Å². The first-order chi connectivity index (χ1) is 9.59. The van der Waals surface area contributed by atoms with Crippen LogP contribution < -0.4 is 0 Å². The summed E-state index contributed by atoms with van der Waals surface area (Å²) in [5, 5.41) is 11.2. The zero-order valence-electron chi connectivity index (χ0n) is 13.0. The molecule has 1 heteroatoms. The molecule has 0 spiro atoms. The van der Waals surface area contributed by atoms with E-state index in [1.165, 1.54) is 69.8 Å². The summed E-state index contributed by atoms with van der Waals surface area (Å²) in [4.78, 5) is 0. The van der Waals surface area contributed by atoms with E-state index < -0.39 is 0 Å². The summed E-state index contributed by atoms with van der Waals surface area (Å²) >= 11 is 0. The molecule has 0 amide bonds. The van der Waals surface area contributed by atoms with Crippen molar-refractivity contribution >= 4 is 0 Å². The number of rotatable bonds is 2. The molecule has 1 N–H and O–H groups in total. The maximum Gasteiger partial charge on any atom is 0.0806 e. The Bertz CT molecular complexity index is 407. The number of hydrogen-bond acceptors (Lipinski definition) is 1. The topological polar surface area (TPSA) is 20.2 Å². The van der Waals surface area contributed by atoms with Crippen molar-refractivity contribution in [3.05, 3.63) is 11.6 Å². The van der Waals surface area contributed by atoms with Gasteiger partial charge in [-0.15, -0.1) is 0 Å². The minimum absolute atomic E-state index is 0.120. The van der Waals surface area contributed by atoms with E-state index in [0.717, 1.165) is 18.3 Å². The van der Waals surface area contributed by atoms with Crippen LogP contribution in [0.25, 0.3) is 0 Å². The summed E-state index contributed by atoms with van der Waals surface area (Å²) in [7, 11) is 0. The van der Waals surface area contributed by atoms with Crippen LogP contribution in [-0.2, 0) is 0 Å². The van der Waals surface area contributed by atoms with E-state index in [2.05, 4.69) is 13.0 Å². The van der Waals surface area contributed by atoms with Crippen LogP contribution in [0.5, 0.6) is 0 Å². The standard InChI is InChI=1S/C19H30O/c1-18-9-14-8-15(10-18)12-19(11-14,13-18)17(20)16-6-4-2-3-5-7-16/h6,14-15,17,20H,2-5,7-13H2,1H3. The van der Waals surface area contributed by atoms with Crippen molar-refractivity contribution in [2.24, 2.45) is 22.7 Å². The predicted octanol–water partition coefficient (Wildman–Crippen LogP) is 4.84. The van der Waals surface area contributed by atoms with Crippen molar-refractivity contribution in [3.63, 3.8) is 0 Å². The summed E-state index contributed by atoms with van der Waals surface area (Å²) in [6.07, 6.45) is 16.9. The lowest BCUT2D eigenvalue weighted by Gasteiger charge is -2.63. The van der Waals surface area contributed by atoms with Gasteiger partial charge in [-0.05, 0) is 87.0 Å². The summed E-state index contributed by atoms with van der Waals surface area (Å²) in [5.74, 6) is 1.84. The second-order valence-electron chi connectivity index (χ2n) is 8.91. The van der Waals surface area contributed by atoms with E-state index in [0.29, 0.717) is 5.41 Å². The Labute approximate surface area is 123 Å². The van der Waals surface area contributed by atoms with Crippen LogP contribution >= 0.6 is 0 Å². The van der Waals surface area contributed by atoms with Gasteiger partial charge in [0.05, 0.1) is 6.10 Å². The Balaban J connectivity index is 1.62. The normalized spacial score (nSPS) is 48.8. The third-order valence-corrected chi connectivity index (χ3v) is 6.91. The Morgan fingerprint density at radius 2 is 1.85 bits per heavy atom. The fraction of sp³-hybridized carbons (Fsp3) is 0.895. The molecule has 4 bridgehead atoms. The lowest BCUT2D eigenvalue weighted by Crippen LogP contribution is -2.55. The first-order valence-electron chi connectivity index (χ1n) is 8.96. The summed E-state index contributed by atoms with van der Waals surface area (Å²) in [6, 6.07) is 0. The Hall–Kier alpha value is -0.300. The van der Waals surface area contributed by atoms with Gasteiger partial charge in [-0.3, -0.25) is 0 Å². The van der Waals surface area contributed by atoms with Crippen molar-refractivity contribution in [1.82, 2.24) is 0 Å². The maximum absolute atomic E-state index is 11.2. The zero-order chi connectivity index (χ0) is 13.8. The van der Waals surface area contributed by atoms with E-state index >= 15 is 0 Å². The van der Waals surface area contributed by atoms with Crippen LogP contribution in [0.4, 0.5) is 0 Å². The van der Waals surface area contributed by atoms with Gasteiger partial charge in [0.1, 0.15) is 0 Å². The number of allylic oxidation sites excluding steroid dienone is 1. The highest BCUT2D eigenvalue weighted by molar-refractivity contribution is 5.19. The Morgan fingerprint density at radius 1 is 1.10 bits per heavy atom. The molecule has 112 valence electrons. The molecule has 5 aliphatic carbocycles. The van der Waals surface area contributed by atoms with E-state index in [4.69, 9.17) is 0 Å². The van der Waals surface area contributed by atoms with Crippen molar-refractivity contribution in [2.45, 2.75) is 83.7 Å². The van der Waals surface area contributed by atoms with Gasteiger partial charge in [-0.1, -0.05) is 19.4 Å². The van der Waals surface area contributed by atoms with Crippen molar-refractivity contribution < 1.29 is 5.11 Å². The summed E-state index contributed by atoms with van der Waals surface area (Å²) < 4.78 is 0. The SMILES string of the molecule is CC12CC3CC(C1)CC(C(O)C1=CCCCCC1)(C3)C2. The first-order valence-corrected chi connectivity index (χ1v) is 8.96. The maximum atomic E-state index is 11.2. The Morgan fingerprint density at radius 3 is 2.55 bits per heavy atom. The molecule has 0 radical (unpaired) electrons. The van der Waals surface area contributed by atoms with Gasteiger partial charge in [-0.2, -0.15) is 0 Å². The molecule has 4 fully saturated rings. The quantitative estimate of drug-likeness (QED) is 0.714. The fourth-order valence-electron chi connectivity index (χ4n) is 6.80. The van der Waals surface area contributed by atoms with Crippen molar-refractivity contribution in [3.8, 4) is 0 Å². The lowest BCUT2D eigenvalue weighted by atomic mass is 9.43. The molecule has 20 heavy (non-hydrogen) atoms. The van der Waals surface area contributed by atoms with Crippen LogP contribution in [0.3, 0.4) is 0 Å². The Kier molecular flexibility index (Phi) is 3.07. The van der Waals surface area contributed by atoms with E-state index in [9.17, 15) is 5.11 Å². The van der Waals surface area contributed by atoms with Crippen LogP contribution in [-0.4, -0.2) is 11.2 Å². The third kappa shape index (κ3) is 2.08. The highest BCUT2D eigenvalue weighted by Crippen LogP contribution is 2.66. The molecule has 0 aromatic heterocycles. The molecule has 0 saturated heterocycles. The average Bonchev–Trinajstić information content (AvgIpc) is 2.63. The molecule has 3 atom stereocenters. The van der Waals surface area contributed by atoms with Gasteiger partial charge < -0.3 is 5.11 Å². The van der Waals surface area contributed by atoms with E-state index in [-0.39, 0.29) is 11.5 Å². The number of aliphatic hydroxyl groups excluding tert-OH is 1. The molecule has 0 aliphatic heterocycles. The third-order valence-electron chi connectivity index (χ3n) is 6.91. The summed E-state index contributed by atoms with van der Waals surface area (Å²) in [6.45, 7) is 2.51. The fourth-order valence-corrected chi connectivity index (χ4v) is 6.80. The molecule has 0 aromatic rings. The van der Waals surface area contributed by atoms with Gasteiger partial charge in [0, 0.05) is 5.41 Å². The van der Waals surface area contributed by atoms with Gasteiger partial charge in [0.25, 0.3) is 0 Å². The molecule has 4 saturated carbocycles. The van der Waals surface area contributed by atoms with Gasteiger partial charge in [0.15, 0.2) is 0 Å². The van der Waals surface area contributed by atoms with Crippen LogP contribution in [0, 0.1) is 22.7 Å². The smallest absolute Gasteiger partial charge is 0.0806 e. The van der Waals surface area contributed by atoms with Crippen LogP contribution in [0.15, 0.2) is 11.6 Å². The average molecular weight is 274 g/mol. The molecular formula is C19H30O. The molecule has 0 aromatic carbocycles. The zero-order valence-corrected chi connectivity index (χ0v) is 13.0. The molecule has 5 rings (SSSR count). The van der Waals surface area contributed by atoms with Gasteiger partial charge in [-0.25, -0.2) is 0 Å². The van der Waals surface area contributed by atoms with Crippen LogP contribution in [0.1, 0.15) is 77.6 Å². The summed E-state index contributed by atoms with van der Waals surface area (Å²) in [5.41, 5.74) is 2.22. The minimum atomic E-state index is -0.120. The second-order valence-corrected chi connectivity index (χ2v) is 8.91. The van der Waals surface area contributed by atoms with Crippen molar-refractivity contribution in [1.29, 1.82) is 0 Å². The highest BCUT2D eigenvalue weighted by Gasteiger charge is 2.58. The van der Waals surface area contributed by atoms with E-state index in [1.54, 1.807) is 0 Å². The number of aliphatic hydroxyl groups is 1. The lowest BCUT2D eigenvalue weighted by molar-refractivity contribution is -0.144. The molecular weight excluding hydrogens is 244 g/mol. The van der Waals surface area contributed by atoms with Crippen LogP contribution in [0.2, 0.25) is 0 Å². The van der Waals surface area contributed by atoms with Gasteiger partial charge >= 0.3 is 0 Å². The van der Waals surface area contributed by atoms with Crippen molar-refractivity contribution in [2.75, 3.05) is 0 Å². The molecule has 0 heterocycles. The monoisotopic (exact) mass is 274 g/mol. The highest BCUT2D eigenvalue weighted by atomic mass is 16.3. The number of hydrogen-bond donors (Lipinski definition) is 1. The largest absolute Gasteiger partial charge is 0.388 e. The molecule has 5 aliphatic rings. The molecule has 1 nitrogen and oxygen atoms in total. The second kappa shape index (κ2) is 4.60. The minimum Gasteiger partial charge on any atom is -0.388 e. The predicted molar refractivity (Wildman–Crippen MR) is 82.4 cm³/mol. The van der Waals surface area contributed by atoms with Gasteiger partial charge in [0.2, 0.25) is 0 Å². The first kappa shape index (κ1) is 13.4. The molecule has 3 unspecified atom stereocenters.